The Morgan fingerprint density at radius 1 is 1.46 bits per heavy atom. The number of nitrogens with zero attached hydrogens (tertiary/aromatic N) is 1. The zero-order chi connectivity index (χ0) is 8.55. The summed E-state index contributed by atoms with van der Waals surface area (Å²) in [5, 5.41) is 1.13. The number of hydrogen-bond donors (Lipinski definition) is 1. The molecule has 0 aliphatic rings. The van der Waals surface area contributed by atoms with Crippen molar-refractivity contribution in [1.82, 2.24) is 9.97 Å². The van der Waals surface area contributed by atoms with Crippen molar-refractivity contribution in [1.29, 1.82) is 0 Å². The lowest BCUT2D eigenvalue weighted by molar-refractivity contribution is 1.24. The van der Waals surface area contributed by atoms with E-state index in [1.165, 1.54) is 0 Å². The third-order valence-corrected chi connectivity index (χ3v) is 2.62. The molecule has 5 heteroatoms. The quantitative estimate of drug-likeness (QED) is 0.797. The molecule has 13 heavy (non-hydrogen) atoms. The van der Waals surface area contributed by atoms with E-state index in [0.717, 1.165) is 21.1 Å². The van der Waals surface area contributed by atoms with Crippen molar-refractivity contribution in [2.24, 2.45) is 0 Å². The zero-order valence-electron chi connectivity index (χ0n) is 6.55. The first kappa shape index (κ1) is 10.8. The minimum Gasteiger partial charge on any atom is -0.356 e. The van der Waals surface area contributed by atoms with Crippen molar-refractivity contribution < 1.29 is 0 Å². The van der Waals surface area contributed by atoms with Gasteiger partial charge in [0.1, 0.15) is 0 Å². The topological polar surface area (TPSA) is 28.7 Å². The second-order valence-corrected chi connectivity index (χ2v) is 3.63. The molecule has 0 aliphatic heterocycles. The highest BCUT2D eigenvalue weighted by atomic mass is 79.9. The molecule has 0 aromatic carbocycles. The van der Waals surface area contributed by atoms with Gasteiger partial charge < -0.3 is 4.98 Å². The van der Waals surface area contributed by atoms with Gasteiger partial charge in [-0.05, 0) is 22.0 Å². The number of nitrogens with one attached hydrogen (secondary N) is 1. The van der Waals surface area contributed by atoms with Gasteiger partial charge in [-0.1, -0.05) is 0 Å². The summed E-state index contributed by atoms with van der Waals surface area (Å²) in [5.74, 6) is 0.501. The van der Waals surface area contributed by atoms with Gasteiger partial charge in [0.05, 0.1) is 17.6 Å². The second kappa shape index (κ2) is 4.31. The molecular weight excluding hydrogens is 275 g/mol. The Hall–Kier alpha value is -0.250. The van der Waals surface area contributed by atoms with Crippen LogP contribution in [0.1, 0.15) is 5.69 Å². The number of pyridine rings is 1. The first-order valence-corrected chi connectivity index (χ1v) is 4.81. The number of H-pyrrole nitrogens is 1. The van der Waals surface area contributed by atoms with E-state index in [0.29, 0.717) is 5.88 Å². The van der Waals surface area contributed by atoms with E-state index in [1.807, 2.05) is 6.07 Å². The standard InChI is InChI=1S/C8H6BrClN2.ClH/c9-7-3-11-4-8-6(7)1-5(2-10)12-8;/h1,3-4,12H,2H2;1H. The van der Waals surface area contributed by atoms with Crippen LogP contribution in [0.15, 0.2) is 22.9 Å². The highest BCUT2D eigenvalue weighted by Gasteiger charge is 2.02. The van der Waals surface area contributed by atoms with E-state index in [9.17, 15) is 0 Å². The van der Waals surface area contributed by atoms with E-state index >= 15 is 0 Å². The normalized spacial score (nSPS) is 10.0. The Labute approximate surface area is 95.2 Å². The van der Waals surface area contributed by atoms with Crippen LogP contribution < -0.4 is 0 Å². The summed E-state index contributed by atoms with van der Waals surface area (Å²) in [5.41, 5.74) is 2.03. The monoisotopic (exact) mass is 280 g/mol. The third-order valence-electron chi connectivity index (χ3n) is 1.70. The van der Waals surface area contributed by atoms with Crippen LogP contribution in [0.3, 0.4) is 0 Å². The van der Waals surface area contributed by atoms with Crippen LogP contribution in [-0.4, -0.2) is 9.97 Å². The van der Waals surface area contributed by atoms with Gasteiger partial charge in [0.25, 0.3) is 0 Å². The summed E-state index contributed by atoms with van der Waals surface area (Å²) >= 11 is 9.10. The summed E-state index contributed by atoms with van der Waals surface area (Å²) in [4.78, 5) is 7.20. The molecule has 2 aromatic rings. The average molecular weight is 282 g/mol. The minimum absolute atomic E-state index is 0. The van der Waals surface area contributed by atoms with Gasteiger partial charge in [0.2, 0.25) is 0 Å². The maximum Gasteiger partial charge on any atom is 0.0654 e. The highest BCUT2D eigenvalue weighted by Crippen LogP contribution is 2.23. The SMILES string of the molecule is Cl.ClCc1cc2c(Br)cncc2[nH]1. The predicted molar refractivity (Wildman–Crippen MR) is 60.6 cm³/mol. The number of aromatic amines is 1. The fraction of sp³-hybridized carbons (Fsp3) is 0.125. The smallest absolute Gasteiger partial charge is 0.0654 e. The molecule has 0 fully saturated rings. The summed E-state index contributed by atoms with van der Waals surface area (Å²) in [6.45, 7) is 0. The molecule has 1 N–H and O–H groups in total. The molecule has 0 saturated heterocycles. The van der Waals surface area contributed by atoms with Crippen molar-refractivity contribution in [2.45, 2.75) is 5.88 Å². The number of aromatic nitrogens is 2. The summed E-state index contributed by atoms with van der Waals surface area (Å²) in [6, 6.07) is 2.02. The van der Waals surface area contributed by atoms with Crippen LogP contribution in [-0.2, 0) is 5.88 Å². The van der Waals surface area contributed by atoms with Crippen LogP contribution in [0.25, 0.3) is 10.9 Å². The molecular formula is C8H7BrCl2N2. The molecule has 0 unspecified atom stereocenters. The van der Waals surface area contributed by atoms with E-state index in [-0.39, 0.29) is 12.4 Å². The van der Waals surface area contributed by atoms with Crippen molar-refractivity contribution in [2.75, 3.05) is 0 Å². The molecule has 2 aromatic heterocycles. The first-order valence-electron chi connectivity index (χ1n) is 3.48. The number of hydrogen-bond acceptors (Lipinski definition) is 1. The van der Waals surface area contributed by atoms with Crippen molar-refractivity contribution in [3.8, 4) is 0 Å². The average Bonchev–Trinajstić information content (AvgIpc) is 2.49. The number of fused-ring (bicyclic) bond motifs is 1. The Bertz CT molecular complexity index is 413. The van der Waals surface area contributed by atoms with Crippen molar-refractivity contribution in [3.05, 3.63) is 28.6 Å². The van der Waals surface area contributed by atoms with E-state index in [4.69, 9.17) is 11.6 Å². The van der Waals surface area contributed by atoms with Gasteiger partial charge in [-0.15, -0.1) is 24.0 Å². The van der Waals surface area contributed by atoms with E-state index in [2.05, 4.69) is 25.9 Å². The molecule has 0 aliphatic carbocycles. The third kappa shape index (κ3) is 1.98. The van der Waals surface area contributed by atoms with Gasteiger partial charge in [-0.3, -0.25) is 4.98 Å². The molecule has 0 saturated carbocycles. The highest BCUT2D eigenvalue weighted by molar-refractivity contribution is 9.10. The number of rotatable bonds is 1. The van der Waals surface area contributed by atoms with Crippen molar-refractivity contribution >= 4 is 50.8 Å². The molecule has 2 heterocycles. The zero-order valence-corrected chi connectivity index (χ0v) is 9.71. The largest absolute Gasteiger partial charge is 0.356 e. The Balaban J connectivity index is 0.000000845. The molecule has 0 atom stereocenters. The summed E-state index contributed by atoms with van der Waals surface area (Å²) < 4.78 is 0.993. The lowest BCUT2D eigenvalue weighted by Crippen LogP contribution is -1.74. The maximum absolute atomic E-state index is 5.68. The Morgan fingerprint density at radius 3 is 2.85 bits per heavy atom. The Kier molecular flexibility index (Phi) is 3.59. The molecule has 0 amide bonds. The van der Waals surface area contributed by atoms with Crippen LogP contribution in [0.2, 0.25) is 0 Å². The fourth-order valence-electron chi connectivity index (χ4n) is 1.15. The van der Waals surface area contributed by atoms with Gasteiger partial charge in [-0.25, -0.2) is 0 Å². The van der Waals surface area contributed by atoms with E-state index in [1.54, 1.807) is 12.4 Å². The number of alkyl halides is 1. The molecule has 2 nitrogen and oxygen atoms in total. The fourth-order valence-corrected chi connectivity index (χ4v) is 1.74. The molecule has 0 radical (unpaired) electrons. The van der Waals surface area contributed by atoms with Crippen LogP contribution in [0.5, 0.6) is 0 Å². The van der Waals surface area contributed by atoms with Gasteiger partial charge in [0, 0.05) is 21.7 Å². The predicted octanol–water partition coefficient (Wildman–Crippen LogP) is 3.49. The van der Waals surface area contributed by atoms with Gasteiger partial charge in [-0.2, -0.15) is 0 Å². The molecule has 0 spiro atoms. The van der Waals surface area contributed by atoms with Crippen molar-refractivity contribution in [3.63, 3.8) is 0 Å². The molecule has 0 bridgehead atoms. The number of halogens is 3. The van der Waals surface area contributed by atoms with Gasteiger partial charge >= 0.3 is 0 Å². The van der Waals surface area contributed by atoms with Crippen LogP contribution >= 0.6 is 39.9 Å². The van der Waals surface area contributed by atoms with Crippen LogP contribution in [0.4, 0.5) is 0 Å². The molecule has 2 rings (SSSR count). The molecule has 70 valence electrons. The first-order chi connectivity index (χ1) is 5.81. The van der Waals surface area contributed by atoms with E-state index < -0.39 is 0 Å². The van der Waals surface area contributed by atoms with Crippen LogP contribution in [0, 0.1) is 0 Å². The minimum atomic E-state index is 0. The van der Waals surface area contributed by atoms with Gasteiger partial charge in [0.15, 0.2) is 0 Å². The lowest BCUT2D eigenvalue weighted by Gasteiger charge is -1.89. The summed E-state index contributed by atoms with van der Waals surface area (Å²) in [7, 11) is 0. The summed E-state index contributed by atoms with van der Waals surface area (Å²) in [6.07, 6.45) is 3.56. The second-order valence-electron chi connectivity index (χ2n) is 2.51. The Morgan fingerprint density at radius 2 is 2.23 bits per heavy atom. The lowest BCUT2D eigenvalue weighted by atomic mass is 10.3. The maximum atomic E-state index is 5.68.